The van der Waals surface area contributed by atoms with Gasteiger partial charge in [-0.1, -0.05) is 12.1 Å². The Morgan fingerprint density at radius 3 is 2.41 bits per heavy atom. The highest BCUT2D eigenvalue weighted by molar-refractivity contribution is 7.88. The molecule has 0 heterocycles. The lowest BCUT2D eigenvalue weighted by molar-refractivity contribution is -0.119. The summed E-state index contributed by atoms with van der Waals surface area (Å²) in [4.78, 5) is 12.0. The highest BCUT2D eigenvalue weighted by Crippen LogP contribution is 2.25. The Labute approximate surface area is 137 Å². The minimum Gasteiger partial charge on any atom is -0.328 e. The third-order valence-electron chi connectivity index (χ3n) is 3.60. The van der Waals surface area contributed by atoms with Gasteiger partial charge in [0.05, 0.1) is 6.26 Å². The molecule has 0 bridgehead atoms. The third kappa shape index (κ3) is 5.92. The van der Waals surface area contributed by atoms with Crippen molar-refractivity contribution in [2.45, 2.75) is 31.8 Å². The van der Waals surface area contributed by atoms with E-state index in [9.17, 15) is 13.2 Å². The van der Waals surface area contributed by atoms with E-state index in [2.05, 4.69) is 10.0 Å². The number of nitrogens with one attached hydrogen (secondary N) is 2. The number of hydrogen-bond donors (Lipinski definition) is 3. The van der Waals surface area contributed by atoms with Gasteiger partial charge in [0.25, 0.3) is 0 Å². The van der Waals surface area contributed by atoms with Crippen LogP contribution in [0.2, 0.25) is 0 Å². The van der Waals surface area contributed by atoms with Gasteiger partial charge in [-0.05, 0) is 37.0 Å². The average molecular weight is 348 g/mol. The first kappa shape index (κ1) is 18.9. The molecule has 2 unspecified atom stereocenters. The van der Waals surface area contributed by atoms with Crippen molar-refractivity contribution < 1.29 is 13.2 Å². The van der Waals surface area contributed by atoms with Crippen LogP contribution in [0.3, 0.4) is 0 Å². The SMILES string of the molecule is CS(=O)(=O)NCc1ccc(NC(=O)C2CCC(N)C2)cc1.Cl. The quantitative estimate of drug-likeness (QED) is 0.745. The molecule has 2 atom stereocenters. The molecule has 2 rings (SSSR count). The summed E-state index contributed by atoms with van der Waals surface area (Å²) in [5.41, 5.74) is 7.35. The molecule has 0 spiro atoms. The molecule has 4 N–H and O–H groups in total. The molecule has 0 radical (unpaired) electrons. The van der Waals surface area contributed by atoms with Gasteiger partial charge >= 0.3 is 0 Å². The van der Waals surface area contributed by atoms with Crippen LogP contribution >= 0.6 is 12.4 Å². The summed E-state index contributed by atoms with van der Waals surface area (Å²) in [6.07, 6.45) is 3.59. The van der Waals surface area contributed by atoms with Crippen molar-refractivity contribution >= 4 is 34.0 Å². The van der Waals surface area contributed by atoms with E-state index in [0.29, 0.717) is 5.69 Å². The van der Waals surface area contributed by atoms with Gasteiger partial charge in [-0.15, -0.1) is 12.4 Å². The zero-order chi connectivity index (χ0) is 15.5. The minimum atomic E-state index is -3.20. The molecule has 1 aliphatic carbocycles. The molecule has 22 heavy (non-hydrogen) atoms. The van der Waals surface area contributed by atoms with Crippen molar-refractivity contribution in [1.82, 2.24) is 4.72 Å². The van der Waals surface area contributed by atoms with Gasteiger partial charge in [-0.2, -0.15) is 0 Å². The first-order chi connectivity index (χ1) is 9.83. The fraction of sp³-hybridized carbons (Fsp3) is 0.500. The van der Waals surface area contributed by atoms with E-state index >= 15 is 0 Å². The van der Waals surface area contributed by atoms with E-state index in [-0.39, 0.29) is 36.8 Å². The van der Waals surface area contributed by atoms with E-state index in [1.807, 2.05) is 0 Å². The van der Waals surface area contributed by atoms with Crippen LogP contribution < -0.4 is 15.8 Å². The highest BCUT2D eigenvalue weighted by Gasteiger charge is 2.27. The van der Waals surface area contributed by atoms with Gasteiger partial charge in [0.2, 0.25) is 15.9 Å². The number of sulfonamides is 1. The van der Waals surface area contributed by atoms with Gasteiger partial charge < -0.3 is 11.1 Å². The van der Waals surface area contributed by atoms with Gasteiger partial charge in [0, 0.05) is 24.2 Å². The maximum atomic E-state index is 12.0. The van der Waals surface area contributed by atoms with Gasteiger partial charge in [0.1, 0.15) is 0 Å². The van der Waals surface area contributed by atoms with Gasteiger partial charge in [-0.25, -0.2) is 13.1 Å². The Morgan fingerprint density at radius 1 is 1.27 bits per heavy atom. The van der Waals surface area contributed by atoms with Crippen LogP contribution in [0.5, 0.6) is 0 Å². The maximum absolute atomic E-state index is 12.0. The average Bonchev–Trinajstić information content (AvgIpc) is 2.84. The molecule has 0 aromatic heterocycles. The summed E-state index contributed by atoms with van der Waals surface area (Å²) in [6.45, 7) is 0.241. The molecule has 124 valence electrons. The predicted molar refractivity (Wildman–Crippen MR) is 89.3 cm³/mol. The molecule has 0 saturated heterocycles. The monoisotopic (exact) mass is 347 g/mol. The fourth-order valence-electron chi connectivity index (χ4n) is 2.42. The Hall–Kier alpha value is -1.15. The summed E-state index contributed by atoms with van der Waals surface area (Å²) < 4.78 is 24.4. The molecule has 1 aromatic carbocycles. The van der Waals surface area contributed by atoms with Crippen LogP contribution in [0.1, 0.15) is 24.8 Å². The van der Waals surface area contributed by atoms with Crippen molar-refractivity contribution in [3.05, 3.63) is 29.8 Å². The molecule has 8 heteroatoms. The number of nitrogens with two attached hydrogens (primary N) is 1. The summed E-state index contributed by atoms with van der Waals surface area (Å²) in [6, 6.07) is 7.24. The Kier molecular flexibility index (Phi) is 6.80. The highest BCUT2D eigenvalue weighted by atomic mass is 35.5. The number of hydrogen-bond acceptors (Lipinski definition) is 4. The summed E-state index contributed by atoms with van der Waals surface area (Å²) in [5, 5.41) is 2.87. The minimum absolute atomic E-state index is 0. The summed E-state index contributed by atoms with van der Waals surface area (Å²) in [7, 11) is -3.20. The van der Waals surface area contributed by atoms with Gasteiger partial charge in [-0.3, -0.25) is 4.79 Å². The van der Waals surface area contributed by atoms with Crippen LogP contribution in [0, 0.1) is 5.92 Å². The first-order valence-corrected chi connectivity index (χ1v) is 8.82. The topological polar surface area (TPSA) is 101 Å². The molecule has 0 aliphatic heterocycles. The third-order valence-corrected chi connectivity index (χ3v) is 4.27. The molecule has 1 amide bonds. The Bertz CT molecular complexity index is 604. The molecular formula is C14H22ClN3O3S. The van der Waals surface area contributed by atoms with Crippen molar-refractivity contribution in [1.29, 1.82) is 0 Å². The number of anilines is 1. The Balaban J connectivity index is 0.00000242. The fourth-order valence-corrected chi connectivity index (χ4v) is 2.85. The molecule has 1 fully saturated rings. The van der Waals surface area contributed by atoms with Crippen LogP contribution in [0.25, 0.3) is 0 Å². The smallest absolute Gasteiger partial charge is 0.227 e. The zero-order valence-electron chi connectivity index (χ0n) is 12.4. The molecule has 1 saturated carbocycles. The van der Waals surface area contributed by atoms with E-state index < -0.39 is 10.0 Å². The van der Waals surface area contributed by atoms with Crippen molar-refractivity contribution in [3.8, 4) is 0 Å². The number of benzene rings is 1. The second-order valence-corrected chi connectivity index (χ2v) is 7.38. The van der Waals surface area contributed by atoms with Crippen molar-refractivity contribution in [2.75, 3.05) is 11.6 Å². The maximum Gasteiger partial charge on any atom is 0.227 e. The second-order valence-electron chi connectivity index (χ2n) is 5.55. The van der Waals surface area contributed by atoms with E-state index in [1.165, 1.54) is 0 Å². The second kappa shape index (κ2) is 7.92. The summed E-state index contributed by atoms with van der Waals surface area (Å²) in [5.74, 6) is -0.00321. The van der Waals surface area contributed by atoms with E-state index in [0.717, 1.165) is 31.1 Å². The van der Waals surface area contributed by atoms with E-state index in [1.54, 1.807) is 24.3 Å². The standard InChI is InChI=1S/C14H21N3O3S.ClH/c1-21(19,20)16-9-10-2-6-13(7-3-10)17-14(18)11-4-5-12(15)8-11;/h2-3,6-7,11-12,16H,4-5,8-9,15H2,1H3,(H,17,18);1H. The molecule has 6 nitrogen and oxygen atoms in total. The lowest BCUT2D eigenvalue weighted by atomic mass is 10.1. The molecule has 1 aliphatic rings. The molecular weight excluding hydrogens is 326 g/mol. The summed E-state index contributed by atoms with van der Waals surface area (Å²) >= 11 is 0. The van der Waals surface area contributed by atoms with Crippen LogP contribution in [0.4, 0.5) is 5.69 Å². The number of halogens is 1. The predicted octanol–water partition coefficient (Wildman–Crippen LogP) is 1.22. The molecule has 1 aromatic rings. The normalized spacial score (nSPS) is 21.2. The number of rotatable bonds is 5. The van der Waals surface area contributed by atoms with Crippen LogP contribution in [-0.2, 0) is 21.4 Å². The largest absolute Gasteiger partial charge is 0.328 e. The van der Waals surface area contributed by atoms with E-state index in [4.69, 9.17) is 5.73 Å². The number of carbonyl (C=O) groups is 1. The van der Waals surface area contributed by atoms with Gasteiger partial charge in [0.15, 0.2) is 0 Å². The van der Waals surface area contributed by atoms with Crippen molar-refractivity contribution in [2.24, 2.45) is 11.7 Å². The zero-order valence-corrected chi connectivity index (χ0v) is 14.0. The first-order valence-electron chi connectivity index (χ1n) is 6.93. The Morgan fingerprint density at radius 2 is 1.91 bits per heavy atom. The number of carbonyl (C=O) groups excluding carboxylic acids is 1. The van der Waals surface area contributed by atoms with Crippen molar-refractivity contribution in [3.63, 3.8) is 0 Å². The van der Waals surface area contributed by atoms with Crippen LogP contribution in [0.15, 0.2) is 24.3 Å². The number of amides is 1. The lowest BCUT2D eigenvalue weighted by Gasteiger charge is -2.11. The lowest BCUT2D eigenvalue weighted by Crippen LogP contribution is -2.23. The van der Waals surface area contributed by atoms with Crippen LogP contribution in [-0.4, -0.2) is 26.6 Å².